The van der Waals surface area contributed by atoms with Gasteiger partial charge in [0, 0.05) is 5.69 Å². The van der Waals surface area contributed by atoms with E-state index in [0.717, 1.165) is 41.6 Å². The van der Waals surface area contributed by atoms with Crippen LogP contribution >= 0.6 is 0 Å². The maximum atomic E-state index is 13.0. The molecule has 30 heavy (non-hydrogen) atoms. The number of ether oxygens (including phenoxy) is 1. The number of nitrogens with zero attached hydrogens (tertiary/aromatic N) is 1. The molecule has 0 bridgehead atoms. The summed E-state index contributed by atoms with van der Waals surface area (Å²) in [4.78, 5) is 28.8. The summed E-state index contributed by atoms with van der Waals surface area (Å²) in [6.07, 6.45) is 2.96. The summed E-state index contributed by atoms with van der Waals surface area (Å²) in [7, 11) is 0. The van der Waals surface area contributed by atoms with Crippen molar-refractivity contribution in [2.24, 2.45) is 5.73 Å². The Morgan fingerprint density at radius 2 is 1.83 bits per heavy atom. The van der Waals surface area contributed by atoms with E-state index in [0.29, 0.717) is 17.0 Å². The van der Waals surface area contributed by atoms with Crippen molar-refractivity contribution in [1.82, 2.24) is 4.98 Å². The number of esters is 1. The molecule has 0 fully saturated rings. The number of unbranched alkanes of at least 4 members (excludes halogenated alkanes) is 1. The van der Waals surface area contributed by atoms with Crippen LogP contribution in [-0.2, 0) is 17.8 Å². The van der Waals surface area contributed by atoms with Crippen LogP contribution in [0.3, 0.4) is 0 Å². The normalized spacial score (nSPS) is 10.8. The van der Waals surface area contributed by atoms with Crippen LogP contribution in [0.1, 0.15) is 63.4 Å². The lowest BCUT2D eigenvalue weighted by molar-refractivity contribution is 0.0444. The summed E-state index contributed by atoms with van der Waals surface area (Å²) >= 11 is 0. The minimum atomic E-state index is -0.669. The Morgan fingerprint density at radius 1 is 1.10 bits per heavy atom. The van der Waals surface area contributed by atoms with Gasteiger partial charge in [-0.05, 0) is 56.0 Å². The summed E-state index contributed by atoms with van der Waals surface area (Å²) in [5, 5.41) is 0. The van der Waals surface area contributed by atoms with Gasteiger partial charge in [-0.1, -0.05) is 43.2 Å². The number of hydrogen-bond acceptors (Lipinski definition) is 5. The lowest BCUT2D eigenvalue weighted by atomic mass is 9.96. The van der Waals surface area contributed by atoms with Crippen molar-refractivity contribution < 1.29 is 18.7 Å². The third-order valence-electron chi connectivity index (χ3n) is 4.86. The predicted molar refractivity (Wildman–Crippen MR) is 114 cm³/mol. The molecule has 156 valence electrons. The smallest absolute Gasteiger partial charge is 0.341 e. The van der Waals surface area contributed by atoms with Crippen molar-refractivity contribution in [3.63, 3.8) is 0 Å². The van der Waals surface area contributed by atoms with Crippen molar-refractivity contribution in [2.75, 3.05) is 0 Å². The number of nitrogens with two attached hydrogens (primary N) is 1. The molecule has 3 aromatic rings. The minimum absolute atomic E-state index is 0.0273. The van der Waals surface area contributed by atoms with Gasteiger partial charge in [0.2, 0.25) is 0 Å². The lowest BCUT2D eigenvalue weighted by Crippen LogP contribution is -2.12. The molecule has 2 N–H and O–H groups in total. The highest BCUT2D eigenvalue weighted by Gasteiger charge is 2.20. The molecule has 0 aliphatic carbocycles. The second-order valence-corrected chi connectivity index (χ2v) is 7.30. The van der Waals surface area contributed by atoms with Crippen molar-refractivity contribution in [2.45, 2.75) is 46.6 Å². The number of aryl methyl sites for hydroxylation is 3. The first kappa shape index (κ1) is 21.3. The Hall–Kier alpha value is -3.41. The summed E-state index contributed by atoms with van der Waals surface area (Å²) in [5.41, 5.74) is 10.1. The van der Waals surface area contributed by atoms with E-state index in [4.69, 9.17) is 14.9 Å². The highest BCUT2D eigenvalue weighted by molar-refractivity contribution is 5.98. The standard InChI is InChI=1S/C24H26N2O4/c1-4-5-6-18-13-20(17-9-7-15(2)8-10-17)22(16(3)26-18)24(28)29-14-19-11-12-21(30-19)23(25)27/h7-13H,4-6,14H2,1-3H3,(H2,25,27). The van der Waals surface area contributed by atoms with Crippen molar-refractivity contribution in [3.05, 3.63) is 76.5 Å². The second-order valence-electron chi connectivity index (χ2n) is 7.30. The quantitative estimate of drug-likeness (QED) is 0.544. The number of aromatic nitrogens is 1. The van der Waals surface area contributed by atoms with Gasteiger partial charge >= 0.3 is 5.97 Å². The molecule has 0 aliphatic heterocycles. The van der Waals surface area contributed by atoms with Crippen LogP contribution in [0.5, 0.6) is 0 Å². The zero-order valence-corrected chi connectivity index (χ0v) is 17.5. The molecule has 0 aliphatic rings. The number of carbonyl (C=O) groups is 2. The molecule has 0 atom stereocenters. The highest BCUT2D eigenvalue weighted by Crippen LogP contribution is 2.28. The molecule has 6 heteroatoms. The second kappa shape index (κ2) is 9.39. The molecule has 0 unspecified atom stereocenters. The van der Waals surface area contributed by atoms with Gasteiger partial charge in [-0.3, -0.25) is 9.78 Å². The molecule has 6 nitrogen and oxygen atoms in total. The molecule has 2 heterocycles. The van der Waals surface area contributed by atoms with Crippen LogP contribution in [0.25, 0.3) is 11.1 Å². The number of benzene rings is 1. The monoisotopic (exact) mass is 406 g/mol. The third-order valence-corrected chi connectivity index (χ3v) is 4.86. The van der Waals surface area contributed by atoms with Crippen LogP contribution < -0.4 is 5.73 Å². The summed E-state index contributed by atoms with van der Waals surface area (Å²) in [6.45, 7) is 5.88. The number of amides is 1. The number of furan rings is 1. The number of hydrogen-bond donors (Lipinski definition) is 1. The fourth-order valence-electron chi connectivity index (χ4n) is 3.24. The molecule has 0 saturated carbocycles. The third kappa shape index (κ3) is 4.95. The average Bonchev–Trinajstić information content (AvgIpc) is 3.20. The van der Waals surface area contributed by atoms with E-state index < -0.39 is 11.9 Å². The number of carbonyl (C=O) groups excluding carboxylic acids is 2. The molecular formula is C24H26N2O4. The number of primary amides is 1. The fourth-order valence-corrected chi connectivity index (χ4v) is 3.24. The fraction of sp³-hybridized carbons (Fsp3) is 0.292. The van der Waals surface area contributed by atoms with E-state index in [1.54, 1.807) is 6.07 Å². The molecule has 0 spiro atoms. The number of pyridine rings is 1. The first-order chi connectivity index (χ1) is 14.4. The predicted octanol–water partition coefficient (Wildman–Crippen LogP) is 4.76. The van der Waals surface area contributed by atoms with Gasteiger partial charge in [0.25, 0.3) is 5.91 Å². The van der Waals surface area contributed by atoms with Gasteiger partial charge in [0.05, 0.1) is 11.3 Å². The zero-order chi connectivity index (χ0) is 21.7. The number of rotatable bonds is 8. The van der Waals surface area contributed by atoms with E-state index in [9.17, 15) is 9.59 Å². The Morgan fingerprint density at radius 3 is 2.47 bits per heavy atom. The first-order valence-electron chi connectivity index (χ1n) is 10.0. The molecule has 0 saturated heterocycles. The maximum absolute atomic E-state index is 13.0. The van der Waals surface area contributed by atoms with E-state index in [1.807, 2.05) is 44.2 Å². The average molecular weight is 406 g/mol. The Balaban J connectivity index is 1.91. The topological polar surface area (TPSA) is 95.4 Å². The van der Waals surface area contributed by atoms with E-state index in [-0.39, 0.29) is 12.4 Å². The lowest BCUT2D eigenvalue weighted by Gasteiger charge is -2.14. The van der Waals surface area contributed by atoms with Gasteiger partial charge in [-0.15, -0.1) is 0 Å². The molecule has 0 radical (unpaired) electrons. The Bertz CT molecular complexity index is 1050. The molecule has 3 rings (SSSR count). The van der Waals surface area contributed by atoms with Crippen LogP contribution in [0.15, 0.2) is 46.9 Å². The summed E-state index contributed by atoms with van der Waals surface area (Å²) in [5.74, 6) is -0.787. The van der Waals surface area contributed by atoms with Crippen LogP contribution in [0, 0.1) is 13.8 Å². The van der Waals surface area contributed by atoms with Gasteiger partial charge in [-0.2, -0.15) is 0 Å². The largest absolute Gasteiger partial charge is 0.454 e. The van der Waals surface area contributed by atoms with Gasteiger partial charge in [0.15, 0.2) is 5.76 Å². The van der Waals surface area contributed by atoms with Crippen LogP contribution in [0.4, 0.5) is 0 Å². The van der Waals surface area contributed by atoms with Crippen molar-refractivity contribution in [1.29, 1.82) is 0 Å². The van der Waals surface area contributed by atoms with Crippen LogP contribution in [0.2, 0.25) is 0 Å². The summed E-state index contributed by atoms with van der Waals surface area (Å²) in [6, 6.07) is 13.0. The van der Waals surface area contributed by atoms with E-state index >= 15 is 0 Å². The zero-order valence-electron chi connectivity index (χ0n) is 17.5. The minimum Gasteiger partial charge on any atom is -0.454 e. The Labute approximate surface area is 176 Å². The summed E-state index contributed by atoms with van der Waals surface area (Å²) < 4.78 is 10.8. The molecule has 1 amide bonds. The van der Waals surface area contributed by atoms with Crippen molar-refractivity contribution >= 4 is 11.9 Å². The Kier molecular flexibility index (Phi) is 6.67. The molecular weight excluding hydrogens is 380 g/mol. The maximum Gasteiger partial charge on any atom is 0.341 e. The van der Waals surface area contributed by atoms with E-state index in [2.05, 4.69) is 11.9 Å². The van der Waals surface area contributed by atoms with Crippen LogP contribution in [-0.4, -0.2) is 16.9 Å². The first-order valence-corrected chi connectivity index (χ1v) is 10.0. The van der Waals surface area contributed by atoms with E-state index in [1.165, 1.54) is 6.07 Å². The molecule has 2 aromatic heterocycles. The van der Waals surface area contributed by atoms with Gasteiger partial charge in [-0.25, -0.2) is 4.79 Å². The highest BCUT2D eigenvalue weighted by atomic mass is 16.5. The van der Waals surface area contributed by atoms with Crippen molar-refractivity contribution in [3.8, 4) is 11.1 Å². The molecule has 1 aromatic carbocycles. The SMILES string of the molecule is CCCCc1cc(-c2ccc(C)cc2)c(C(=O)OCc2ccc(C(N)=O)o2)c(C)n1. The van der Waals surface area contributed by atoms with Gasteiger partial charge < -0.3 is 14.9 Å². The van der Waals surface area contributed by atoms with Gasteiger partial charge in [0.1, 0.15) is 12.4 Å².